The Morgan fingerprint density at radius 3 is 2.35 bits per heavy atom. The Hall–Kier alpha value is -2.42. The quantitative estimate of drug-likeness (QED) is 0.620. The highest BCUT2D eigenvalue weighted by Crippen LogP contribution is 2.31. The number of halogens is 3. The van der Waals surface area contributed by atoms with Crippen molar-refractivity contribution in [2.45, 2.75) is 16.9 Å². The van der Waals surface area contributed by atoms with E-state index in [0.29, 0.717) is 32.0 Å². The zero-order valence-corrected chi connectivity index (χ0v) is 17.9. The van der Waals surface area contributed by atoms with Crippen molar-refractivity contribution in [2.24, 2.45) is 0 Å². The fourth-order valence-electron chi connectivity index (χ4n) is 3.03. The third-order valence-corrected chi connectivity index (χ3v) is 7.13. The Balaban J connectivity index is 1.65. The molecule has 1 aromatic carbocycles. The van der Waals surface area contributed by atoms with Crippen LogP contribution in [0.4, 0.5) is 24.7 Å². The second-order valence-electron chi connectivity index (χ2n) is 6.76. The van der Waals surface area contributed by atoms with E-state index in [1.165, 1.54) is 25.4 Å². The summed E-state index contributed by atoms with van der Waals surface area (Å²) in [5.74, 6) is 0.171. The third kappa shape index (κ3) is 5.44. The summed E-state index contributed by atoms with van der Waals surface area (Å²) in [6.45, 7) is 2.21. The van der Waals surface area contributed by atoms with Crippen molar-refractivity contribution in [3.8, 4) is 0 Å². The largest absolute Gasteiger partial charge is 0.501 e. The lowest BCUT2D eigenvalue weighted by Crippen LogP contribution is -2.27. The van der Waals surface area contributed by atoms with Gasteiger partial charge in [-0.05, 0) is 42.0 Å². The molecule has 0 bridgehead atoms. The van der Waals surface area contributed by atoms with Crippen LogP contribution in [0.2, 0.25) is 0 Å². The summed E-state index contributed by atoms with van der Waals surface area (Å²) >= 11 is 0. The predicted octanol–water partition coefficient (Wildman–Crippen LogP) is 1.53. The molecule has 0 amide bonds. The van der Waals surface area contributed by atoms with Crippen LogP contribution in [-0.2, 0) is 26.6 Å². The molecule has 2 N–H and O–H groups in total. The molecular weight excluding hydrogens is 459 g/mol. The van der Waals surface area contributed by atoms with Crippen molar-refractivity contribution in [1.82, 2.24) is 14.6 Å². The van der Waals surface area contributed by atoms with E-state index >= 15 is 0 Å². The van der Waals surface area contributed by atoms with Crippen molar-refractivity contribution in [3.63, 3.8) is 0 Å². The summed E-state index contributed by atoms with van der Waals surface area (Å²) in [5.41, 5.74) is -3.93. The summed E-state index contributed by atoms with van der Waals surface area (Å²) in [7, 11) is -7.78. The van der Waals surface area contributed by atoms with Crippen molar-refractivity contribution in [2.75, 3.05) is 36.4 Å². The Bertz CT molecular complexity index is 1140. The van der Waals surface area contributed by atoms with Gasteiger partial charge in [-0.15, -0.1) is 0 Å². The normalized spacial score (nSPS) is 15.9. The molecule has 1 aliphatic heterocycles. The van der Waals surface area contributed by atoms with Crippen LogP contribution in [0.25, 0.3) is 0 Å². The molecule has 0 radical (unpaired) electrons. The third-order valence-electron chi connectivity index (χ3n) is 4.61. The number of nitrogens with one attached hydrogen (secondary N) is 2. The zero-order chi connectivity index (χ0) is 22.9. The molecule has 14 heteroatoms. The molecule has 3 rings (SSSR count). The first-order valence-corrected chi connectivity index (χ1v) is 11.9. The molecule has 1 fully saturated rings. The average molecular weight is 480 g/mol. The van der Waals surface area contributed by atoms with Crippen LogP contribution in [0.3, 0.4) is 0 Å². The Labute approximate surface area is 178 Å². The molecule has 31 heavy (non-hydrogen) atoms. The van der Waals surface area contributed by atoms with E-state index in [1.807, 2.05) is 9.80 Å². The topological polar surface area (TPSA) is 112 Å². The molecule has 2 aromatic rings. The second kappa shape index (κ2) is 8.61. The molecule has 170 valence electrons. The van der Waals surface area contributed by atoms with Gasteiger partial charge in [0.1, 0.15) is 5.82 Å². The van der Waals surface area contributed by atoms with Gasteiger partial charge in [0.25, 0.3) is 20.0 Å². The lowest BCUT2D eigenvalue weighted by Gasteiger charge is -2.20. The minimum absolute atomic E-state index is 0.171. The van der Waals surface area contributed by atoms with E-state index < -0.39 is 30.5 Å². The van der Waals surface area contributed by atoms with Crippen LogP contribution in [0.15, 0.2) is 47.5 Å². The maximum atomic E-state index is 12.7. The predicted molar refractivity (Wildman–Crippen MR) is 108 cm³/mol. The fraction of sp³-hybridized carbons (Fsp3) is 0.353. The minimum atomic E-state index is -5.38. The van der Waals surface area contributed by atoms with Crippen LogP contribution in [-0.4, -0.2) is 59.0 Å². The molecule has 0 aliphatic carbocycles. The van der Waals surface area contributed by atoms with Crippen LogP contribution >= 0.6 is 0 Å². The lowest BCUT2D eigenvalue weighted by atomic mass is 10.2. The number of pyridine rings is 1. The first-order chi connectivity index (χ1) is 14.4. The standard InChI is InChI=1S/C17H20F3N5O4S2/c1-21-31(28,29)23-16-10-13(6-7-22-16)11-24-8-9-25(12-24)14-2-4-15(5-3-14)30(26,27)17(18,19)20/h2-7,10,21H,8-9,11-12H2,1H3,(H,22,23). The van der Waals surface area contributed by atoms with Gasteiger partial charge in [-0.1, -0.05) is 0 Å². The van der Waals surface area contributed by atoms with Crippen LogP contribution in [0, 0.1) is 0 Å². The number of hydrogen-bond donors (Lipinski definition) is 2. The van der Waals surface area contributed by atoms with Gasteiger partial charge in [0.05, 0.1) is 11.6 Å². The summed E-state index contributed by atoms with van der Waals surface area (Å²) < 4.78 is 88.5. The van der Waals surface area contributed by atoms with E-state index in [2.05, 4.69) is 14.4 Å². The van der Waals surface area contributed by atoms with Crippen molar-refractivity contribution >= 4 is 31.6 Å². The van der Waals surface area contributed by atoms with Gasteiger partial charge in [-0.25, -0.2) is 18.1 Å². The molecule has 0 atom stereocenters. The summed E-state index contributed by atoms with van der Waals surface area (Å²) in [4.78, 5) is 7.11. The Kier molecular flexibility index (Phi) is 6.45. The number of hydrogen-bond acceptors (Lipinski definition) is 7. The maximum absolute atomic E-state index is 12.7. The average Bonchev–Trinajstić information content (AvgIpc) is 3.15. The molecule has 9 nitrogen and oxygen atoms in total. The highest BCUT2D eigenvalue weighted by atomic mass is 32.2. The van der Waals surface area contributed by atoms with Crippen molar-refractivity contribution in [1.29, 1.82) is 0 Å². The van der Waals surface area contributed by atoms with Gasteiger partial charge in [0.2, 0.25) is 0 Å². The zero-order valence-electron chi connectivity index (χ0n) is 16.3. The van der Waals surface area contributed by atoms with Crippen molar-refractivity contribution < 1.29 is 30.0 Å². The number of alkyl halides is 3. The summed E-state index contributed by atoms with van der Waals surface area (Å²) in [5, 5.41) is 0. The van der Waals surface area contributed by atoms with E-state index in [-0.39, 0.29) is 5.82 Å². The fourth-order valence-corrected chi connectivity index (χ4v) is 4.28. The van der Waals surface area contributed by atoms with Gasteiger partial charge in [0.15, 0.2) is 0 Å². The number of rotatable bonds is 7. The van der Waals surface area contributed by atoms with E-state index in [0.717, 1.165) is 17.7 Å². The van der Waals surface area contributed by atoms with E-state index in [9.17, 15) is 30.0 Å². The van der Waals surface area contributed by atoms with Gasteiger partial charge in [0, 0.05) is 38.6 Å². The molecule has 2 heterocycles. The number of aromatic nitrogens is 1. The first kappa shape index (κ1) is 23.2. The highest BCUT2D eigenvalue weighted by molar-refractivity contribution is 7.92. The molecular formula is C17H20F3N5O4S2. The number of nitrogens with zero attached hydrogens (tertiary/aromatic N) is 3. The minimum Gasteiger partial charge on any atom is -0.357 e. The smallest absolute Gasteiger partial charge is 0.357 e. The van der Waals surface area contributed by atoms with Crippen LogP contribution in [0.1, 0.15) is 5.56 Å². The Morgan fingerprint density at radius 2 is 1.74 bits per heavy atom. The van der Waals surface area contributed by atoms with E-state index in [4.69, 9.17) is 0 Å². The number of anilines is 2. The highest BCUT2D eigenvalue weighted by Gasteiger charge is 2.46. The Morgan fingerprint density at radius 1 is 1.06 bits per heavy atom. The van der Waals surface area contributed by atoms with Crippen LogP contribution in [0.5, 0.6) is 0 Å². The van der Waals surface area contributed by atoms with Gasteiger partial charge < -0.3 is 4.90 Å². The number of sulfone groups is 1. The van der Waals surface area contributed by atoms with Gasteiger partial charge in [-0.2, -0.15) is 21.6 Å². The molecule has 1 aliphatic rings. The SMILES string of the molecule is CNS(=O)(=O)Nc1cc(CN2CCN(c3ccc(S(=O)(=O)C(F)(F)F)cc3)C2)ccn1. The molecule has 0 unspecified atom stereocenters. The van der Waals surface area contributed by atoms with Crippen molar-refractivity contribution in [3.05, 3.63) is 48.2 Å². The van der Waals surface area contributed by atoms with E-state index in [1.54, 1.807) is 12.1 Å². The molecule has 0 saturated carbocycles. The molecule has 0 spiro atoms. The first-order valence-electron chi connectivity index (χ1n) is 8.96. The molecule has 1 saturated heterocycles. The van der Waals surface area contributed by atoms with Crippen LogP contribution < -0.4 is 14.3 Å². The monoisotopic (exact) mass is 479 g/mol. The second-order valence-corrected chi connectivity index (χ2v) is 10.3. The van der Waals surface area contributed by atoms with Gasteiger partial charge >= 0.3 is 5.51 Å². The summed E-state index contributed by atoms with van der Waals surface area (Å²) in [6, 6.07) is 7.94. The van der Waals surface area contributed by atoms with Gasteiger partial charge in [-0.3, -0.25) is 9.62 Å². The maximum Gasteiger partial charge on any atom is 0.501 e. The lowest BCUT2D eigenvalue weighted by molar-refractivity contribution is -0.0436. The summed E-state index contributed by atoms with van der Waals surface area (Å²) in [6.07, 6.45) is 1.48. The number of benzene rings is 1. The molecule has 1 aromatic heterocycles.